The Bertz CT molecular complexity index is 519. The average Bonchev–Trinajstić information content (AvgIpc) is 2.86. The normalized spacial score (nSPS) is 20.9. The summed E-state index contributed by atoms with van der Waals surface area (Å²) in [5, 5.41) is 1.15. The number of benzene rings is 1. The van der Waals surface area contributed by atoms with Gasteiger partial charge >= 0.3 is 0 Å². The molecule has 88 valence electrons. The third-order valence-electron chi connectivity index (χ3n) is 3.05. The Morgan fingerprint density at radius 2 is 2.24 bits per heavy atom. The molecule has 2 aliphatic heterocycles. The van der Waals surface area contributed by atoms with E-state index in [9.17, 15) is 0 Å². The fraction of sp³-hybridized carbons (Fsp3) is 0.385. The van der Waals surface area contributed by atoms with Gasteiger partial charge in [0.25, 0.3) is 0 Å². The van der Waals surface area contributed by atoms with Gasteiger partial charge in [-0.25, -0.2) is 4.99 Å². The predicted octanol–water partition coefficient (Wildman–Crippen LogP) is 2.75. The van der Waals surface area contributed by atoms with Crippen molar-refractivity contribution in [1.29, 1.82) is 0 Å². The summed E-state index contributed by atoms with van der Waals surface area (Å²) in [7, 11) is 0. The molecule has 4 heteroatoms. The minimum absolute atomic E-state index is 0.911. The molecule has 17 heavy (non-hydrogen) atoms. The van der Waals surface area contributed by atoms with Crippen LogP contribution in [0.15, 0.2) is 28.2 Å². The van der Waals surface area contributed by atoms with Gasteiger partial charge in [-0.1, -0.05) is 29.5 Å². The van der Waals surface area contributed by atoms with Crippen LogP contribution in [0.5, 0.6) is 0 Å². The van der Waals surface area contributed by atoms with Gasteiger partial charge in [-0.2, -0.15) is 0 Å². The van der Waals surface area contributed by atoms with Gasteiger partial charge in [0.05, 0.1) is 18.0 Å². The molecule has 2 aliphatic rings. The van der Waals surface area contributed by atoms with E-state index in [1.807, 2.05) is 0 Å². The van der Waals surface area contributed by atoms with Crippen molar-refractivity contribution in [2.24, 2.45) is 9.98 Å². The number of aliphatic imine (C=N–C) groups is 2. The number of fused-ring (bicyclic) bond motifs is 1. The lowest BCUT2D eigenvalue weighted by Gasteiger charge is -2.12. The zero-order chi connectivity index (χ0) is 11.8. The number of thioether (sulfide) groups is 1. The summed E-state index contributed by atoms with van der Waals surface area (Å²) < 4.78 is 0. The minimum atomic E-state index is 0.911. The molecule has 1 aromatic carbocycles. The molecule has 3 nitrogen and oxygen atoms in total. The van der Waals surface area contributed by atoms with Gasteiger partial charge in [0, 0.05) is 6.54 Å². The number of aryl methyl sites for hydroxylation is 2. The molecule has 2 heterocycles. The predicted molar refractivity (Wildman–Crippen MR) is 74.5 cm³/mol. The molecule has 1 saturated heterocycles. The van der Waals surface area contributed by atoms with Crippen molar-refractivity contribution in [2.75, 3.05) is 18.8 Å². The lowest BCUT2D eigenvalue weighted by atomic mass is 10.1. The molecule has 0 radical (unpaired) electrons. The van der Waals surface area contributed by atoms with E-state index in [0.29, 0.717) is 0 Å². The van der Waals surface area contributed by atoms with E-state index in [0.717, 1.165) is 35.5 Å². The van der Waals surface area contributed by atoms with Crippen LogP contribution >= 0.6 is 11.8 Å². The van der Waals surface area contributed by atoms with E-state index in [1.165, 1.54) is 11.1 Å². The lowest BCUT2D eigenvalue weighted by molar-refractivity contribution is 0.676. The highest BCUT2D eigenvalue weighted by atomic mass is 32.2. The van der Waals surface area contributed by atoms with Gasteiger partial charge in [-0.3, -0.25) is 4.99 Å². The smallest absolute Gasteiger partial charge is 0.165 e. The second-order valence-electron chi connectivity index (χ2n) is 4.42. The summed E-state index contributed by atoms with van der Waals surface area (Å²) in [6.07, 6.45) is 0. The number of rotatable bonds is 1. The fourth-order valence-corrected chi connectivity index (χ4v) is 3.17. The topological polar surface area (TPSA) is 28.0 Å². The van der Waals surface area contributed by atoms with Gasteiger partial charge < -0.3 is 4.90 Å². The number of hydrogen-bond donors (Lipinski definition) is 0. The first-order valence-electron chi connectivity index (χ1n) is 5.83. The summed E-state index contributed by atoms with van der Waals surface area (Å²) >= 11 is 1.79. The molecule has 3 rings (SSSR count). The van der Waals surface area contributed by atoms with E-state index < -0.39 is 0 Å². The first-order chi connectivity index (χ1) is 8.24. The summed E-state index contributed by atoms with van der Waals surface area (Å²) in [6, 6.07) is 6.40. The van der Waals surface area contributed by atoms with Crippen LogP contribution in [0, 0.1) is 13.8 Å². The fourth-order valence-electron chi connectivity index (χ4n) is 2.16. The standard InChI is InChI=1S/C13H15N3S/c1-9-3-4-11(10(2)7-9)15-12-8-17-13-14-5-6-16(12)13/h3-4,7H,5-6,8H2,1-2H3. The van der Waals surface area contributed by atoms with Crippen LogP contribution < -0.4 is 0 Å². The van der Waals surface area contributed by atoms with E-state index in [4.69, 9.17) is 4.99 Å². The van der Waals surface area contributed by atoms with E-state index >= 15 is 0 Å². The van der Waals surface area contributed by atoms with Crippen LogP contribution in [0.25, 0.3) is 0 Å². The SMILES string of the molecule is Cc1ccc(N=C2CSC3=NCCN23)c(C)c1. The van der Waals surface area contributed by atoms with Gasteiger partial charge in [-0.15, -0.1) is 0 Å². The Kier molecular flexibility index (Phi) is 2.67. The summed E-state index contributed by atoms with van der Waals surface area (Å²) in [5.41, 5.74) is 3.61. The summed E-state index contributed by atoms with van der Waals surface area (Å²) in [4.78, 5) is 11.5. The molecule has 0 aliphatic carbocycles. The molecule has 0 bridgehead atoms. The van der Waals surface area contributed by atoms with Crippen LogP contribution in [-0.4, -0.2) is 34.7 Å². The zero-order valence-electron chi connectivity index (χ0n) is 10.1. The molecule has 1 aromatic rings. The van der Waals surface area contributed by atoms with Gasteiger partial charge in [0.2, 0.25) is 0 Å². The van der Waals surface area contributed by atoms with Crippen LogP contribution in [0.2, 0.25) is 0 Å². The molecule has 0 aromatic heterocycles. The number of nitrogens with zero attached hydrogens (tertiary/aromatic N) is 3. The first-order valence-corrected chi connectivity index (χ1v) is 6.82. The Labute approximate surface area is 106 Å². The monoisotopic (exact) mass is 245 g/mol. The molecular formula is C13H15N3S. The molecular weight excluding hydrogens is 230 g/mol. The second-order valence-corrected chi connectivity index (χ2v) is 5.37. The molecule has 0 spiro atoms. The quantitative estimate of drug-likeness (QED) is 0.761. The zero-order valence-corrected chi connectivity index (χ0v) is 10.9. The molecule has 0 unspecified atom stereocenters. The number of hydrogen-bond acceptors (Lipinski definition) is 3. The third kappa shape index (κ3) is 1.97. The van der Waals surface area contributed by atoms with E-state index in [2.05, 4.69) is 41.9 Å². The Balaban J connectivity index is 1.93. The maximum Gasteiger partial charge on any atom is 0.165 e. The maximum atomic E-state index is 4.78. The van der Waals surface area contributed by atoms with Crippen molar-refractivity contribution in [3.8, 4) is 0 Å². The van der Waals surface area contributed by atoms with Crippen LogP contribution in [0.4, 0.5) is 5.69 Å². The third-order valence-corrected chi connectivity index (χ3v) is 4.06. The molecule has 0 saturated carbocycles. The van der Waals surface area contributed by atoms with Gasteiger partial charge in [0.15, 0.2) is 5.17 Å². The van der Waals surface area contributed by atoms with Crippen molar-refractivity contribution in [2.45, 2.75) is 13.8 Å². The highest BCUT2D eigenvalue weighted by Crippen LogP contribution is 2.27. The van der Waals surface area contributed by atoms with Crippen LogP contribution in [0.1, 0.15) is 11.1 Å². The summed E-state index contributed by atoms with van der Waals surface area (Å²) in [6.45, 7) is 6.13. The molecule has 0 amide bonds. The van der Waals surface area contributed by atoms with Crippen molar-refractivity contribution in [3.05, 3.63) is 29.3 Å². The largest absolute Gasteiger partial charge is 0.307 e. The van der Waals surface area contributed by atoms with Crippen molar-refractivity contribution >= 4 is 28.5 Å². The van der Waals surface area contributed by atoms with Gasteiger partial charge in [0.1, 0.15) is 5.84 Å². The van der Waals surface area contributed by atoms with Crippen molar-refractivity contribution in [1.82, 2.24) is 4.90 Å². The van der Waals surface area contributed by atoms with E-state index in [-0.39, 0.29) is 0 Å². The van der Waals surface area contributed by atoms with Crippen LogP contribution in [-0.2, 0) is 0 Å². The maximum absolute atomic E-state index is 4.78. The van der Waals surface area contributed by atoms with Crippen molar-refractivity contribution in [3.63, 3.8) is 0 Å². The summed E-state index contributed by atoms with van der Waals surface area (Å²) in [5.74, 6) is 2.10. The average molecular weight is 245 g/mol. The highest BCUT2D eigenvalue weighted by molar-refractivity contribution is 8.15. The molecule has 1 fully saturated rings. The van der Waals surface area contributed by atoms with Crippen molar-refractivity contribution < 1.29 is 0 Å². The first kappa shape index (κ1) is 10.8. The Morgan fingerprint density at radius 3 is 3.06 bits per heavy atom. The minimum Gasteiger partial charge on any atom is -0.307 e. The lowest BCUT2D eigenvalue weighted by Crippen LogP contribution is -2.27. The highest BCUT2D eigenvalue weighted by Gasteiger charge is 2.29. The molecule has 0 atom stereocenters. The van der Waals surface area contributed by atoms with Crippen LogP contribution in [0.3, 0.4) is 0 Å². The van der Waals surface area contributed by atoms with Gasteiger partial charge in [-0.05, 0) is 25.5 Å². The van der Waals surface area contributed by atoms with E-state index in [1.54, 1.807) is 11.8 Å². The Hall–Kier alpha value is -1.29. The molecule has 0 N–H and O–H groups in total. The second kappa shape index (κ2) is 4.18. The number of amidine groups is 2. The Morgan fingerprint density at radius 1 is 1.35 bits per heavy atom.